The van der Waals surface area contributed by atoms with Crippen molar-refractivity contribution in [3.63, 3.8) is 0 Å². The Bertz CT molecular complexity index is 608. The minimum Gasteiger partial charge on any atom is -0.497 e. The summed E-state index contributed by atoms with van der Waals surface area (Å²) in [5.74, 6) is 1.62. The van der Waals surface area contributed by atoms with Crippen LogP contribution in [-0.2, 0) is 6.54 Å². The standard InChI is InChI=1S/C16H22N2O2S/c1-10(2)17-9-15-11(3)18-16(21-15)13-8-12(19-4)6-7-14(13)20-5/h6-8,10,17H,9H2,1-5H3. The quantitative estimate of drug-likeness (QED) is 0.885. The highest BCUT2D eigenvalue weighted by Gasteiger charge is 2.14. The second-order valence-electron chi connectivity index (χ2n) is 5.13. The summed E-state index contributed by atoms with van der Waals surface area (Å²) >= 11 is 1.69. The Morgan fingerprint density at radius 2 is 2.00 bits per heavy atom. The Kier molecular flexibility index (Phi) is 5.20. The first kappa shape index (κ1) is 15.8. The fourth-order valence-corrected chi connectivity index (χ4v) is 3.02. The lowest BCUT2D eigenvalue weighted by Gasteiger charge is -2.08. The van der Waals surface area contributed by atoms with Crippen molar-refractivity contribution in [3.8, 4) is 22.1 Å². The Balaban J connectivity index is 2.35. The van der Waals surface area contributed by atoms with Crippen molar-refractivity contribution in [2.75, 3.05) is 14.2 Å². The summed E-state index contributed by atoms with van der Waals surface area (Å²) in [7, 11) is 3.34. The van der Waals surface area contributed by atoms with Crippen LogP contribution in [0.3, 0.4) is 0 Å². The van der Waals surface area contributed by atoms with E-state index in [0.717, 1.165) is 34.3 Å². The van der Waals surface area contributed by atoms with Gasteiger partial charge in [0.2, 0.25) is 0 Å². The van der Waals surface area contributed by atoms with E-state index in [1.165, 1.54) is 4.88 Å². The molecule has 1 N–H and O–H groups in total. The number of benzene rings is 1. The second-order valence-corrected chi connectivity index (χ2v) is 6.21. The monoisotopic (exact) mass is 306 g/mol. The highest BCUT2D eigenvalue weighted by Crippen LogP contribution is 2.36. The smallest absolute Gasteiger partial charge is 0.129 e. The molecule has 1 aromatic carbocycles. The fraction of sp³-hybridized carbons (Fsp3) is 0.438. The van der Waals surface area contributed by atoms with Gasteiger partial charge < -0.3 is 14.8 Å². The van der Waals surface area contributed by atoms with Gasteiger partial charge in [-0.2, -0.15) is 0 Å². The maximum absolute atomic E-state index is 5.44. The molecular formula is C16H22N2O2S. The van der Waals surface area contributed by atoms with E-state index in [4.69, 9.17) is 9.47 Å². The molecule has 4 nitrogen and oxygen atoms in total. The number of methoxy groups -OCH3 is 2. The lowest BCUT2D eigenvalue weighted by molar-refractivity contribution is 0.404. The van der Waals surface area contributed by atoms with Crippen LogP contribution in [0.15, 0.2) is 18.2 Å². The molecule has 0 unspecified atom stereocenters. The first-order chi connectivity index (χ1) is 10.0. The number of nitrogens with zero attached hydrogens (tertiary/aromatic N) is 1. The van der Waals surface area contributed by atoms with E-state index >= 15 is 0 Å². The molecule has 0 aliphatic heterocycles. The van der Waals surface area contributed by atoms with Gasteiger partial charge in [0.05, 0.1) is 25.5 Å². The lowest BCUT2D eigenvalue weighted by atomic mass is 10.2. The zero-order valence-electron chi connectivity index (χ0n) is 13.2. The molecule has 21 heavy (non-hydrogen) atoms. The molecule has 5 heteroatoms. The molecular weight excluding hydrogens is 284 g/mol. The van der Waals surface area contributed by atoms with Gasteiger partial charge in [0, 0.05) is 17.5 Å². The minimum absolute atomic E-state index is 0.460. The van der Waals surface area contributed by atoms with Crippen molar-refractivity contribution in [3.05, 3.63) is 28.8 Å². The van der Waals surface area contributed by atoms with Gasteiger partial charge in [-0.3, -0.25) is 0 Å². The average Bonchev–Trinajstić information content (AvgIpc) is 2.85. The molecule has 114 valence electrons. The first-order valence-electron chi connectivity index (χ1n) is 6.97. The van der Waals surface area contributed by atoms with Crippen molar-refractivity contribution in [1.82, 2.24) is 10.3 Å². The SMILES string of the molecule is COc1ccc(OC)c(-c2nc(C)c(CNC(C)C)s2)c1. The van der Waals surface area contributed by atoms with Gasteiger partial charge in [-0.05, 0) is 25.1 Å². The van der Waals surface area contributed by atoms with Crippen LogP contribution < -0.4 is 14.8 Å². The highest BCUT2D eigenvalue weighted by atomic mass is 32.1. The van der Waals surface area contributed by atoms with Crippen LogP contribution in [0.25, 0.3) is 10.6 Å². The van der Waals surface area contributed by atoms with Gasteiger partial charge in [0.15, 0.2) is 0 Å². The predicted molar refractivity (Wildman–Crippen MR) is 87.4 cm³/mol. The minimum atomic E-state index is 0.460. The molecule has 0 fully saturated rings. The molecule has 2 rings (SSSR count). The molecule has 0 saturated heterocycles. The molecule has 0 bridgehead atoms. The zero-order chi connectivity index (χ0) is 15.4. The molecule has 0 spiro atoms. The molecule has 2 aromatic rings. The Hall–Kier alpha value is -1.59. The van der Waals surface area contributed by atoms with Crippen molar-refractivity contribution in [2.45, 2.75) is 33.4 Å². The van der Waals surface area contributed by atoms with Crippen LogP contribution >= 0.6 is 11.3 Å². The third kappa shape index (κ3) is 3.74. The first-order valence-corrected chi connectivity index (χ1v) is 7.79. The number of thiazole rings is 1. The Labute approximate surface area is 130 Å². The van der Waals surface area contributed by atoms with Gasteiger partial charge in [-0.15, -0.1) is 11.3 Å². The Morgan fingerprint density at radius 3 is 2.62 bits per heavy atom. The summed E-state index contributed by atoms with van der Waals surface area (Å²) in [5, 5.41) is 4.39. The molecule has 0 saturated carbocycles. The van der Waals surface area contributed by atoms with Crippen LogP contribution in [0, 0.1) is 6.92 Å². The summed E-state index contributed by atoms with van der Waals surface area (Å²) in [6, 6.07) is 6.24. The van der Waals surface area contributed by atoms with E-state index in [1.807, 2.05) is 25.1 Å². The fourth-order valence-electron chi connectivity index (χ4n) is 1.99. The van der Waals surface area contributed by atoms with E-state index in [-0.39, 0.29) is 0 Å². The van der Waals surface area contributed by atoms with Crippen LogP contribution in [-0.4, -0.2) is 25.2 Å². The molecule has 1 heterocycles. The van der Waals surface area contributed by atoms with E-state index in [1.54, 1.807) is 25.6 Å². The van der Waals surface area contributed by atoms with E-state index in [2.05, 4.69) is 24.1 Å². The number of rotatable bonds is 6. The normalized spacial score (nSPS) is 11.0. The predicted octanol–water partition coefficient (Wildman–Crippen LogP) is 3.63. The van der Waals surface area contributed by atoms with Gasteiger partial charge in [0.1, 0.15) is 16.5 Å². The number of aryl methyl sites for hydroxylation is 1. The molecule has 0 amide bonds. The number of hydrogen-bond acceptors (Lipinski definition) is 5. The van der Waals surface area contributed by atoms with Crippen LogP contribution in [0.4, 0.5) is 0 Å². The Morgan fingerprint density at radius 1 is 1.24 bits per heavy atom. The summed E-state index contributed by atoms with van der Waals surface area (Å²) < 4.78 is 10.7. The third-order valence-corrected chi connectivity index (χ3v) is 4.39. The highest BCUT2D eigenvalue weighted by molar-refractivity contribution is 7.15. The number of ether oxygens (including phenoxy) is 2. The van der Waals surface area contributed by atoms with Gasteiger partial charge in [-0.25, -0.2) is 4.98 Å². The largest absolute Gasteiger partial charge is 0.497 e. The lowest BCUT2D eigenvalue weighted by Crippen LogP contribution is -2.21. The van der Waals surface area contributed by atoms with Crippen molar-refractivity contribution < 1.29 is 9.47 Å². The number of hydrogen-bond donors (Lipinski definition) is 1. The van der Waals surface area contributed by atoms with Crippen LogP contribution in [0.2, 0.25) is 0 Å². The van der Waals surface area contributed by atoms with E-state index < -0.39 is 0 Å². The number of aromatic nitrogens is 1. The third-order valence-electron chi connectivity index (χ3n) is 3.20. The summed E-state index contributed by atoms with van der Waals surface area (Å²) in [6.45, 7) is 7.17. The molecule has 0 aliphatic rings. The molecule has 0 atom stereocenters. The van der Waals surface area contributed by atoms with E-state index in [0.29, 0.717) is 6.04 Å². The van der Waals surface area contributed by atoms with Crippen molar-refractivity contribution in [2.24, 2.45) is 0 Å². The summed E-state index contributed by atoms with van der Waals surface area (Å²) in [4.78, 5) is 5.94. The topological polar surface area (TPSA) is 43.4 Å². The van der Waals surface area contributed by atoms with Gasteiger partial charge >= 0.3 is 0 Å². The molecule has 0 aliphatic carbocycles. The van der Waals surface area contributed by atoms with Gasteiger partial charge in [0.25, 0.3) is 0 Å². The maximum atomic E-state index is 5.44. The summed E-state index contributed by atoms with van der Waals surface area (Å²) in [5.41, 5.74) is 2.04. The van der Waals surface area contributed by atoms with Gasteiger partial charge in [-0.1, -0.05) is 13.8 Å². The zero-order valence-corrected chi connectivity index (χ0v) is 14.0. The molecule has 0 radical (unpaired) electrons. The number of nitrogens with one attached hydrogen (secondary N) is 1. The summed E-state index contributed by atoms with van der Waals surface area (Å²) in [6.07, 6.45) is 0. The van der Waals surface area contributed by atoms with Crippen molar-refractivity contribution in [1.29, 1.82) is 0 Å². The van der Waals surface area contributed by atoms with Crippen molar-refractivity contribution >= 4 is 11.3 Å². The maximum Gasteiger partial charge on any atom is 0.129 e. The van der Waals surface area contributed by atoms with Crippen LogP contribution in [0.5, 0.6) is 11.5 Å². The average molecular weight is 306 g/mol. The molecule has 1 aromatic heterocycles. The van der Waals surface area contributed by atoms with E-state index in [9.17, 15) is 0 Å². The second kappa shape index (κ2) is 6.91. The van der Waals surface area contributed by atoms with Crippen LogP contribution in [0.1, 0.15) is 24.4 Å².